The van der Waals surface area contributed by atoms with Crippen molar-refractivity contribution in [3.8, 4) is 11.8 Å². The molecule has 5 nitrogen and oxygen atoms in total. The summed E-state index contributed by atoms with van der Waals surface area (Å²) in [6.45, 7) is 4.06. The highest BCUT2D eigenvalue weighted by Crippen LogP contribution is 2.66. The van der Waals surface area contributed by atoms with E-state index in [1.54, 1.807) is 7.05 Å². The Hall–Kier alpha value is -2.71. The van der Waals surface area contributed by atoms with E-state index in [4.69, 9.17) is 0 Å². The summed E-state index contributed by atoms with van der Waals surface area (Å²) in [5.41, 5.74) is 4.81. The zero-order valence-electron chi connectivity index (χ0n) is 19.7. The van der Waals surface area contributed by atoms with Crippen LogP contribution in [0.3, 0.4) is 0 Å². The zero-order chi connectivity index (χ0) is 23.4. The van der Waals surface area contributed by atoms with Gasteiger partial charge in [-0.25, -0.2) is 5.01 Å². The lowest BCUT2D eigenvalue weighted by atomic mass is 9.51. The zero-order valence-corrected chi connectivity index (χ0v) is 19.7. The predicted molar refractivity (Wildman–Crippen MR) is 129 cm³/mol. The van der Waals surface area contributed by atoms with E-state index in [9.17, 15) is 14.8 Å². The Bertz CT molecular complexity index is 1120. The molecule has 172 valence electrons. The fourth-order valence-corrected chi connectivity index (χ4v) is 7.35. The highest BCUT2D eigenvalue weighted by atomic mass is 16.3. The molecule has 1 aromatic rings. The molecule has 5 atom stereocenters. The number of hydrogen-bond donors (Lipinski definition) is 1. The molecular weight excluding hydrogens is 412 g/mol. The quantitative estimate of drug-likeness (QED) is 0.382. The van der Waals surface area contributed by atoms with E-state index in [0.29, 0.717) is 18.3 Å². The maximum Gasteiger partial charge on any atom is 0.156 e. The number of ketones is 1. The molecule has 2 saturated carbocycles. The van der Waals surface area contributed by atoms with Crippen LogP contribution in [0.1, 0.15) is 70.3 Å². The van der Waals surface area contributed by atoms with Crippen molar-refractivity contribution in [2.24, 2.45) is 22.5 Å². The van der Waals surface area contributed by atoms with Crippen LogP contribution in [0.5, 0.6) is 0 Å². The molecule has 0 aliphatic heterocycles. The van der Waals surface area contributed by atoms with Gasteiger partial charge in [0.2, 0.25) is 0 Å². The van der Waals surface area contributed by atoms with E-state index in [0.717, 1.165) is 44.2 Å². The number of nitrogens with zero attached hydrogens (tertiary/aromatic N) is 2. The van der Waals surface area contributed by atoms with Crippen LogP contribution in [-0.4, -0.2) is 23.5 Å². The van der Waals surface area contributed by atoms with Crippen molar-refractivity contribution < 1.29 is 9.90 Å². The van der Waals surface area contributed by atoms with Gasteiger partial charge in [0.15, 0.2) is 5.78 Å². The van der Waals surface area contributed by atoms with Crippen LogP contribution >= 0.6 is 0 Å². The van der Waals surface area contributed by atoms with Gasteiger partial charge in [0, 0.05) is 24.8 Å². The first-order valence-corrected chi connectivity index (χ1v) is 12.1. The van der Waals surface area contributed by atoms with E-state index in [2.05, 4.69) is 36.2 Å². The average Bonchev–Trinajstić information content (AvgIpc) is 3.08. The number of rotatable bonds is 3. The molecule has 0 amide bonds. The Kier molecular flexibility index (Phi) is 5.33. The van der Waals surface area contributed by atoms with Crippen LogP contribution in [0.2, 0.25) is 0 Å². The third-order valence-corrected chi connectivity index (χ3v) is 9.01. The smallest absolute Gasteiger partial charge is 0.156 e. The van der Waals surface area contributed by atoms with Gasteiger partial charge in [-0.3, -0.25) is 4.79 Å². The van der Waals surface area contributed by atoms with Crippen LogP contribution in [-0.2, 0) is 4.79 Å². The summed E-state index contributed by atoms with van der Waals surface area (Å²) >= 11 is 0. The standard InChI is InChI=1S/C28H32N2O3/c1-4-14-28(32)15-13-25-23-11-7-19-16-21(31)10-12-22(19)26(23)24(17-27(25,28)2)18-5-8-20(9-6-18)30(3)29-33/h5-6,8-9,16,23-25,32H,7,10-13,15,17H2,1-3H3/t23-,24+,25-,27-,28-/m0/s1. The van der Waals surface area contributed by atoms with Gasteiger partial charge in [-0.1, -0.05) is 30.6 Å². The summed E-state index contributed by atoms with van der Waals surface area (Å²) in [7, 11) is 1.65. The van der Waals surface area contributed by atoms with Gasteiger partial charge in [0.1, 0.15) is 5.60 Å². The Balaban J connectivity index is 1.66. The number of carbonyl (C=O) groups excluding carboxylic acids is 1. The van der Waals surface area contributed by atoms with Crippen molar-refractivity contribution >= 4 is 11.5 Å². The molecule has 4 aliphatic rings. The third kappa shape index (κ3) is 3.30. The Morgan fingerprint density at radius 1 is 1.15 bits per heavy atom. The van der Waals surface area contributed by atoms with E-state index >= 15 is 0 Å². The molecule has 0 unspecified atom stereocenters. The molecular formula is C28H32N2O3. The summed E-state index contributed by atoms with van der Waals surface area (Å²) in [5, 5.41) is 16.1. The van der Waals surface area contributed by atoms with Crippen molar-refractivity contribution in [3.63, 3.8) is 0 Å². The first-order chi connectivity index (χ1) is 15.8. The van der Waals surface area contributed by atoms with E-state index in [-0.39, 0.29) is 17.1 Å². The number of allylic oxidation sites excluding steroid dienone is 4. The van der Waals surface area contributed by atoms with E-state index < -0.39 is 5.60 Å². The summed E-state index contributed by atoms with van der Waals surface area (Å²) in [5.74, 6) is 7.41. The number of hydrogen-bond acceptors (Lipinski definition) is 4. The van der Waals surface area contributed by atoms with Gasteiger partial charge in [0.25, 0.3) is 0 Å². The van der Waals surface area contributed by atoms with Gasteiger partial charge in [-0.2, -0.15) is 0 Å². The van der Waals surface area contributed by atoms with Gasteiger partial charge in [0.05, 0.1) is 11.0 Å². The summed E-state index contributed by atoms with van der Waals surface area (Å²) in [4.78, 5) is 23.1. The topological polar surface area (TPSA) is 70.0 Å². The molecule has 2 fully saturated rings. The molecule has 33 heavy (non-hydrogen) atoms. The highest BCUT2D eigenvalue weighted by molar-refractivity contribution is 5.93. The normalized spacial score (nSPS) is 35.0. The SMILES string of the molecule is CC#C[C@]1(O)CC[C@H]2[C@@H]3CCC4=CC(=O)CCC4=C3[C@@H](c3ccc(N(C)N=O)cc3)C[C@@]21C. The minimum atomic E-state index is -0.971. The number of benzene rings is 1. The van der Waals surface area contributed by atoms with E-state index in [1.165, 1.54) is 27.3 Å². The Morgan fingerprint density at radius 3 is 2.61 bits per heavy atom. The largest absolute Gasteiger partial charge is 0.377 e. The molecule has 0 spiro atoms. The lowest BCUT2D eigenvalue weighted by Crippen LogP contribution is -2.51. The van der Waals surface area contributed by atoms with Crippen molar-refractivity contribution in [3.05, 3.63) is 57.5 Å². The van der Waals surface area contributed by atoms with Gasteiger partial charge >= 0.3 is 0 Å². The Morgan fingerprint density at radius 2 is 1.91 bits per heavy atom. The molecule has 0 bridgehead atoms. The molecule has 5 heteroatoms. The Labute approximate surface area is 195 Å². The van der Waals surface area contributed by atoms with Gasteiger partial charge in [-0.15, -0.1) is 10.8 Å². The monoisotopic (exact) mass is 444 g/mol. The van der Waals surface area contributed by atoms with Crippen molar-refractivity contribution in [2.45, 2.75) is 70.3 Å². The predicted octanol–water partition coefficient (Wildman–Crippen LogP) is 5.46. The number of fused-ring (bicyclic) bond motifs is 4. The van der Waals surface area contributed by atoms with Gasteiger partial charge in [-0.05, 0) is 92.2 Å². The molecule has 0 heterocycles. The number of anilines is 1. The second kappa shape index (κ2) is 7.95. The van der Waals surface area contributed by atoms with Crippen molar-refractivity contribution in [1.82, 2.24) is 0 Å². The highest BCUT2D eigenvalue weighted by Gasteiger charge is 2.62. The minimum Gasteiger partial charge on any atom is -0.377 e. The lowest BCUT2D eigenvalue weighted by Gasteiger charge is -2.53. The fourth-order valence-electron chi connectivity index (χ4n) is 7.35. The lowest BCUT2D eigenvalue weighted by molar-refractivity contribution is -0.114. The first-order valence-electron chi connectivity index (χ1n) is 12.1. The minimum absolute atomic E-state index is 0.162. The maximum absolute atomic E-state index is 12.2. The summed E-state index contributed by atoms with van der Waals surface area (Å²) < 4.78 is 0. The van der Waals surface area contributed by atoms with Crippen LogP contribution in [0.15, 0.2) is 52.3 Å². The number of nitroso groups, excluding NO2 is 1. The molecule has 0 saturated heterocycles. The van der Waals surface area contributed by atoms with Crippen LogP contribution in [0.25, 0.3) is 0 Å². The second-order valence-corrected chi connectivity index (χ2v) is 10.5. The molecule has 1 aromatic carbocycles. The van der Waals surface area contributed by atoms with E-state index in [1.807, 2.05) is 25.1 Å². The number of aliphatic hydroxyl groups is 1. The first kappa shape index (κ1) is 22.1. The van der Waals surface area contributed by atoms with Crippen LogP contribution < -0.4 is 5.01 Å². The third-order valence-electron chi connectivity index (χ3n) is 9.01. The van der Waals surface area contributed by atoms with Crippen LogP contribution in [0, 0.1) is 34.0 Å². The maximum atomic E-state index is 12.2. The fraction of sp³-hybridized carbons (Fsp3) is 0.536. The molecule has 0 aromatic heterocycles. The summed E-state index contributed by atoms with van der Waals surface area (Å²) in [6, 6.07) is 8.09. The average molecular weight is 445 g/mol. The van der Waals surface area contributed by atoms with Crippen molar-refractivity contribution in [2.75, 3.05) is 12.1 Å². The molecule has 0 radical (unpaired) electrons. The molecule has 1 N–H and O–H groups in total. The molecule has 5 rings (SSSR count). The second-order valence-electron chi connectivity index (χ2n) is 10.5. The van der Waals surface area contributed by atoms with Gasteiger partial charge < -0.3 is 5.11 Å². The molecule has 4 aliphatic carbocycles. The summed E-state index contributed by atoms with van der Waals surface area (Å²) in [6.07, 6.45) is 7.81. The van der Waals surface area contributed by atoms with Crippen molar-refractivity contribution in [1.29, 1.82) is 0 Å². The number of carbonyl (C=O) groups is 1. The van der Waals surface area contributed by atoms with Crippen LogP contribution in [0.4, 0.5) is 5.69 Å².